The minimum atomic E-state index is -0.817. The van der Waals surface area contributed by atoms with Crippen LogP contribution in [0, 0.1) is 0 Å². The molecule has 0 spiro atoms. The van der Waals surface area contributed by atoms with E-state index < -0.39 is 5.97 Å². The molecule has 1 aromatic heterocycles. The number of carboxylic acid groups (broad SMARTS) is 1. The Hall–Kier alpha value is -2.96. The summed E-state index contributed by atoms with van der Waals surface area (Å²) in [7, 11) is 1.82. The zero-order valence-electron chi connectivity index (χ0n) is 19.5. The minimum Gasteiger partial charge on any atom is -0.489 e. The lowest BCUT2D eigenvalue weighted by Crippen LogP contribution is -2.27. The minimum absolute atomic E-state index is 0.0328. The molecule has 33 heavy (non-hydrogen) atoms. The lowest BCUT2D eigenvalue weighted by atomic mass is 9.93. The summed E-state index contributed by atoms with van der Waals surface area (Å²) in [5.74, 6) is 0.425. The van der Waals surface area contributed by atoms with Gasteiger partial charge in [0.1, 0.15) is 5.75 Å². The molecule has 3 rings (SSSR count). The fraction of sp³-hybridized carbons (Fsp3) is 0.346. The maximum Gasteiger partial charge on any atom is 0.317 e. The van der Waals surface area contributed by atoms with Crippen molar-refractivity contribution in [1.29, 1.82) is 0 Å². The molecule has 0 saturated carbocycles. The highest BCUT2D eigenvalue weighted by Gasteiger charge is 2.13. The van der Waals surface area contributed by atoms with Crippen molar-refractivity contribution in [3.8, 4) is 28.3 Å². The summed E-state index contributed by atoms with van der Waals surface area (Å²) in [6.07, 6.45) is 5.36. The van der Waals surface area contributed by atoms with Gasteiger partial charge in [0.25, 0.3) is 0 Å². The number of aliphatic carboxylic acids is 1. The smallest absolute Gasteiger partial charge is 0.317 e. The predicted molar refractivity (Wildman–Crippen MR) is 132 cm³/mol. The van der Waals surface area contributed by atoms with Gasteiger partial charge in [0, 0.05) is 30.1 Å². The van der Waals surface area contributed by atoms with Crippen molar-refractivity contribution < 1.29 is 14.6 Å². The Morgan fingerprint density at radius 3 is 2.48 bits per heavy atom. The molecule has 0 fully saturated rings. The molecule has 0 amide bonds. The highest BCUT2D eigenvalue weighted by Crippen LogP contribution is 2.31. The Morgan fingerprint density at radius 2 is 1.88 bits per heavy atom. The molecule has 1 heterocycles. The van der Waals surface area contributed by atoms with Crippen LogP contribution in [0.25, 0.3) is 22.5 Å². The van der Waals surface area contributed by atoms with E-state index >= 15 is 0 Å². The van der Waals surface area contributed by atoms with Crippen LogP contribution < -0.4 is 4.74 Å². The standard InChI is InChI=1S/C26H30ClN3O3/c1-5-21-18(11-12-30(4)16-25(31)32)7-6-8-22(21)20-14-28-26(29-15-20)19-9-10-24(23(27)13-19)33-17(2)3/h6-10,13-15,17H,5,11-12,16H2,1-4H3,(H,31,32). The van der Waals surface area contributed by atoms with E-state index in [1.54, 1.807) is 0 Å². The molecule has 0 aliphatic heterocycles. The number of hydrogen-bond acceptors (Lipinski definition) is 5. The largest absolute Gasteiger partial charge is 0.489 e. The summed E-state index contributed by atoms with van der Waals surface area (Å²) in [5, 5.41) is 9.50. The van der Waals surface area contributed by atoms with Crippen LogP contribution in [0.2, 0.25) is 5.02 Å². The van der Waals surface area contributed by atoms with Gasteiger partial charge in [0.15, 0.2) is 5.82 Å². The Labute approximate surface area is 200 Å². The molecular formula is C26H30ClN3O3. The van der Waals surface area contributed by atoms with Crippen LogP contribution in [0.3, 0.4) is 0 Å². The second-order valence-corrected chi connectivity index (χ2v) is 8.69. The number of likely N-dealkylation sites (N-methyl/N-ethyl adjacent to an activating group) is 1. The van der Waals surface area contributed by atoms with Crippen molar-refractivity contribution >= 4 is 17.6 Å². The summed E-state index contributed by atoms with van der Waals surface area (Å²) < 4.78 is 5.70. The van der Waals surface area contributed by atoms with E-state index in [4.69, 9.17) is 21.4 Å². The summed E-state index contributed by atoms with van der Waals surface area (Å²) in [4.78, 5) is 21.9. The lowest BCUT2D eigenvalue weighted by Gasteiger charge is -2.17. The van der Waals surface area contributed by atoms with E-state index in [9.17, 15) is 4.79 Å². The fourth-order valence-electron chi connectivity index (χ4n) is 3.78. The van der Waals surface area contributed by atoms with E-state index in [1.165, 1.54) is 11.1 Å². The van der Waals surface area contributed by atoms with Gasteiger partial charge in [-0.3, -0.25) is 9.69 Å². The normalized spacial score (nSPS) is 11.2. The Bertz CT molecular complexity index is 1100. The van der Waals surface area contributed by atoms with E-state index in [0.29, 0.717) is 23.1 Å². The topological polar surface area (TPSA) is 75.6 Å². The number of carboxylic acids is 1. The summed E-state index contributed by atoms with van der Waals surface area (Å²) in [6, 6.07) is 11.8. The molecular weight excluding hydrogens is 438 g/mol. The van der Waals surface area contributed by atoms with Gasteiger partial charge in [0.2, 0.25) is 0 Å². The fourth-order valence-corrected chi connectivity index (χ4v) is 4.01. The Balaban J connectivity index is 1.82. The summed E-state index contributed by atoms with van der Waals surface area (Å²) >= 11 is 6.37. The van der Waals surface area contributed by atoms with Crippen molar-refractivity contribution in [2.75, 3.05) is 20.1 Å². The quantitative estimate of drug-likeness (QED) is 0.432. The van der Waals surface area contributed by atoms with Crippen LogP contribution in [0.1, 0.15) is 31.9 Å². The molecule has 1 N–H and O–H groups in total. The number of halogens is 1. The molecule has 0 unspecified atom stereocenters. The van der Waals surface area contributed by atoms with Crippen molar-refractivity contribution in [1.82, 2.24) is 14.9 Å². The third kappa shape index (κ3) is 6.53. The molecule has 174 valence electrons. The van der Waals surface area contributed by atoms with E-state index in [-0.39, 0.29) is 12.6 Å². The van der Waals surface area contributed by atoms with Gasteiger partial charge in [-0.05, 0) is 68.6 Å². The number of benzene rings is 2. The number of aromatic nitrogens is 2. The molecule has 7 heteroatoms. The van der Waals surface area contributed by atoms with Gasteiger partial charge in [-0.15, -0.1) is 0 Å². The molecule has 0 aliphatic carbocycles. The van der Waals surface area contributed by atoms with Crippen molar-refractivity contribution in [2.45, 2.75) is 39.7 Å². The Kier molecular flexibility index (Phi) is 8.42. The third-order valence-corrected chi connectivity index (χ3v) is 5.61. The van der Waals surface area contributed by atoms with E-state index in [1.807, 2.05) is 62.5 Å². The number of hydrogen-bond donors (Lipinski definition) is 1. The molecule has 3 aromatic rings. The summed E-state index contributed by atoms with van der Waals surface area (Å²) in [6.45, 7) is 6.75. The van der Waals surface area contributed by atoms with Gasteiger partial charge in [-0.2, -0.15) is 0 Å². The summed E-state index contributed by atoms with van der Waals surface area (Å²) in [5.41, 5.74) is 5.32. The van der Waals surface area contributed by atoms with E-state index in [2.05, 4.69) is 29.0 Å². The van der Waals surface area contributed by atoms with Crippen molar-refractivity contribution in [3.63, 3.8) is 0 Å². The highest BCUT2D eigenvalue weighted by atomic mass is 35.5. The van der Waals surface area contributed by atoms with Crippen LogP contribution in [0.4, 0.5) is 0 Å². The number of nitrogens with zero attached hydrogens (tertiary/aromatic N) is 3. The van der Waals surface area contributed by atoms with Gasteiger partial charge in [0.05, 0.1) is 17.7 Å². The zero-order chi connectivity index (χ0) is 24.0. The average Bonchev–Trinajstić information content (AvgIpc) is 2.78. The monoisotopic (exact) mass is 467 g/mol. The second-order valence-electron chi connectivity index (χ2n) is 8.29. The van der Waals surface area contributed by atoms with Crippen LogP contribution in [0.15, 0.2) is 48.8 Å². The van der Waals surface area contributed by atoms with Crippen LogP contribution in [-0.4, -0.2) is 52.2 Å². The number of rotatable bonds is 10. The number of ether oxygens (including phenoxy) is 1. The molecule has 0 atom stereocenters. The maximum absolute atomic E-state index is 10.9. The lowest BCUT2D eigenvalue weighted by molar-refractivity contribution is -0.137. The third-order valence-electron chi connectivity index (χ3n) is 5.31. The van der Waals surface area contributed by atoms with Gasteiger partial charge < -0.3 is 9.84 Å². The average molecular weight is 468 g/mol. The first-order valence-electron chi connectivity index (χ1n) is 11.1. The number of carbonyl (C=O) groups is 1. The maximum atomic E-state index is 10.9. The van der Waals surface area contributed by atoms with Crippen LogP contribution in [0.5, 0.6) is 5.75 Å². The van der Waals surface area contributed by atoms with Gasteiger partial charge in [-0.25, -0.2) is 9.97 Å². The first-order chi connectivity index (χ1) is 15.8. The molecule has 0 bridgehead atoms. The van der Waals surface area contributed by atoms with Crippen LogP contribution >= 0.6 is 11.6 Å². The zero-order valence-corrected chi connectivity index (χ0v) is 20.3. The van der Waals surface area contributed by atoms with Crippen molar-refractivity contribution in [3.05, 3.63) is 64.9 Å². The van der Waals surface area contributed by atoms with Crippen LogP contribution in [-0.2, 0) is 17.6 Å². The molecule has 0 saturated heterocycles. The van der Waals surface area contributed by atoms with E-state index in [0.717, 1.165) is 29.5 Å². The first-order valence-corrected chi connectivity index (χ1v) is 11.5. The SMILES string of the molecule is CCc1c(CCN(C)CC(=O)O)cccc1-c1cnc(-c2ccc(OC(C)C)c(Cl)c2)nc1. The molecule has 0 radical (unpaired) electrons. The highest BCUT2D eigenvalue weighted by molar-refractivity contribution is 6.32. The first kappa shape index (κ1) is 24.7. The molecule has 6 nitrogen and oxygen atoms in total. The second kappa shape index (κ2) is 11.3. The van der Waals surface area contributed by atoms with Gasteiger partial charge in [-0.1, -0.05) is 36.7 Å². The molecule has 2 aromatic carbocycles. The van der Waals surface area contributed by atoms with Crippen molar-refractivity contribution in [2.24, 2.45) is 0 Å². The predicted octanol–water partition coefficient (Wildman–Crippen LogP) is 5.37. The Morgan fingerprint density at radius 1 is 1.15 bits per heavy atom. The molecule has 0 aliphatic rings. The van der Waals surface area contributed by atoms with Gasteiger partial charge >= 0.3 is 5.97 Å².